The predicted molar refractivity (Wildman–Crippen MR) is 58.4 cm³/mol. The molecule has 0 saturated carbocycles. The van der Waals surface area contributed by atoms with Crippen LogP contribution in [0.3, 0.4) is 0 Å². The molecular weight excluding hydrogens is 232 g/mol. The summed E-state index contributed by atoms with van der Waals surface area (Å²) in [5.41, 5.74) is 1.63. The molecule has 66 valence electrons. The van der Waals surface area contributed by atoms with Crippen molar-refractivity contribution in [2.24, 2.45) is 0 Å². The van der Waals surface area contributed by atoms with E-state index in [1.165, 1.54) is 25.7 Å². The van der Waals surface area contributed by atoms with Crippen LogP contribution in [0.1, 0.15) is 28.7 Å². The van der Waals surface area contributed by atoms with Gasteiger partial charge in [0, 0.05) is 14.6 Å². The number of aryl methyl sites for hydroxylation is 2. The van der Waals surface area contributed by atoms with Crippen LogP contribution in [0.15, 0.2) is 6.07 Å². The maximum atomic E-state index is 3.59. The van der Waals surface area contributed by atoms with Crippen LogP contribution in [0, 0.1) is 0 Å². The van der Waals surface area contributed by atoms with Crippen molar-refractivity contribution >= 4 is 27.3 Å². The van der Waals surface area contributed by atoms with Gasteiger partial charge in [-0.05, 0) is 37.3 Å². The van der Waals surface area contributed by atoms with Crippen LogP contribution in [0.4, 0.5) is 0 Å². The summed E-state index contributed by atoms with van der Waals surface area (Å²) in [5.74, 6) is 0. The van der Waals surface area contributed by atoms with E-state index in [9.17, 15) is 0 Å². The topological polar surface area (TPSA) is 0 Å². The fraction of sp³-hybridized carbons (Fsp3) is 0.600. The first kappa shape index (κ1) is 8.76. The lowest BCUT2D eigenvalue weighted by atomic mass is 10.2. The van der Waals surface area contributed by atoms with Gasteiger partial charge in [-0.3, -0.25) is 0 Å². The maximum absolute atomic E-state index is 3.59. The molecular formula is C10H13BrS. The van der Waals surface area contributed by atoms with Crippen LogP contribution < -0.4 is 0 Å². The number of halogens is 1. The number of hydrogen-bond acceptors (Lipinski definition) is 1. The minimum atomic E-state index is 0.622. The van der Waals surface area contributed by atoms with E-state index in [4.69, 9.17) is 0 Å². The fourth-order valence-corrected chi connectivity index (χ4v) is 3.72. The van der Waals surface area contributed by atoms with Crippen molar-refractivity contribution in [1.82, 2.24) is 0 Å². The predicted octanol–water partition coefficient (Wildman–Crippen LogP) is 3.56. The van der Waals surface area contributed by atoms with Crippen LogP contribution in [0.2, 0.25) is 0 Å². The molecule has 2 rings (SSSR count). The van der Waals surface area contributed by atoms with Gasteiger partial charge in [0.2, 0.25) is 0 Å². The summed E-state index contributed by atoms with van der Waals surface area (Å²) >= 11 is 5.61. The second-order valence-electron chi connectivity index (χ2n) is 3.50. The Morgan fingerprint density at radius 2 is 2.42 bits per heavy atom. The van der Waals surface area contributed by atoms with Gasteiger partial charge in [0.1, 0.15) is 0 Å². The van der Waals surface area contributed by atoms with Gasteiger partial charge in [0.05, 0.1) is 0 Å². The summed E-state index contributed by atoms with van der Waals surface area (Å²) in [5, 5.41) is 0. The highest BCUT2D eigenvalue weighted by Gasteiger charge is 2.14. The SMILES string of the molecule is CC(Br)Cc1cc2c(s1)CCC2. The van der Waals surface area contributed by atoms with E-state index in [-0.39, 0.29) is 0 Å². The molecule has 1 aliphatic rings. The van der Waals surface area contributed by atoms with Crippen LogP contribution >= 0.6 is 27.3 Å². The van der Waals surface area contributed by atoms with Crippen LogP contribution in [0.5, 0.6) is 0 Å². The van der Waals surface area contributed by atoms with Gasteiger partial charge in [0.15, 0.2) is 0 Å². The molecule has 0 aromatic carbocycles. The van der Waals surface area contributed by atoms with Crippen LogP contribution in [0.25, 0.3) is 0 Å². The van der Waals surface area contributed by atoms with Crippen molar-refractivity contribution in [3.8, 4) is 0 Å². The average molecular weight is 245 g/mol. The van der Waals surface area contributed by atoms with Crippen molar-refractivity contribution < 1.29 is 0 Å². The molecule has 0 nitrogen and oxygen atoms in total. The Labute approximate surface area is 86.1 Å². The second-order valence-corrected chi connectivity index (χ2v) is 6.28. The Balaban J connectivity index is 2.15. The zero-order valence-corrected chi connectivity index (χ0v) is 9.67. The minimum Gasteiger partial charge on any atom is -0.145 e. The van der Waals surface area contributed by atoms with Gasteiger partial charge in [-0.2, -0.15) is 0 Å². The first-order valence-electron chi connectivity index (χ1n) is 4.50. The van der Waals surface area contributed by atoms with Gasteiger partial charge in [-0.1, -0.05) is 22.9 Å². The molecule has 1 atom stereocenters. The lowest BCUT2D eigenvalue weighted by molar-refractivity contribution is 0.910. The van der Waals surface area contributed by atoms with Crippen LogP contribution in [-0.2, 0) is 19.3 Å². The highest BCUT2D eigenvalue weighted by Crippen LogP contribution is 2.31. The monoisotopic (exact) mass is 244 g/mol. The standard InChI is InChI=1S/C10H13BrS/c1-7(11)5-9-6-8-3-2-4-10(8)12-9/h6-7H,2-5H2,1H3. The van der Waals surface area contributed by atoms with Gasteiger partial charge < -0.3 is 0 Å². The molecule has 0 radical (unpaired) electrons. The largest absolute Gasteiger partial charge is 0.145 e. The summed E-state index contributed by atoms with van der Waals surface area (Å²) in [6.07, 6.45) is 5.22. The molecule has 1 aromatic rings. The molecule has 0 amide bonds. The number of thiophene rings is 1. The van der Waals surface area contributed by atoms with E-state index < -0.39 is 0 Å². The third-order valence-corrected chi connectivity index (χ3v) is 3.86. The lowest BCUT2D eigenvalue weighted by Gasteiger charge is -1.98. The maximum Gasteiger partial charge on any atom is 0.0165 e. The van der Waals surface area contributed by atoms with E-state index in [1.807, 2.05) is 11.3 Å². The lowest BCUT2D eigenvalue weighted by Crippen LogP contribution is -1.93. The molecule has 1 unspecified atom stereocenters. The molecule has 1 heterocycles. The fourth-order valence-electron chi connectivity index (χ4n) is 1.77. The van der Waals surface area contributed by atoms with E-state index in [0.717, 1.165) is 0 Å². The zero-order valence-electron chi connectivity index (χ0n) is 7.27. The Kier molecular flexibility index (Phi) is 2.56. The van der Waals surface area contributed by atoms with Crippen molar-refractivity contribution in [2.45, 2.75) is 37.4 Å². The smallest absolute Gasteiger partial charge is 0.0165 e. The van der Waals surface area contributed by atoms with Gasteiger partial charge >= 0.3 is 0 Å². The third-order valence-electron chi connectivity index (χ3n) is 2.28. The van der Waals surface area contributed by atoms with E-state index in [0.29, 0.717) is 4.83 Å². The minimum absolute atomic E-state index is 0.622. The molecule has 0 fully saturated rings. The molecule has 0 aliphatic heterocycles. The number of fused-ring (bicyclic) bond motifs is 1. The summed E-state index contributed by atoms with van der Waals surface area (Å²) in [4.78, 5) is 3.83. The number of rotatable bonds is 2. The molecule has 2 heteroatoms. The molecule has 0 spiro atoms. The molecule has 1 aliphatic carbocycles. The Hall–Kier alpha value is 0.180. The van der Waals surface area contributed by atoms with Crippen molar-refractivity contribution in [3.63, 3.8) is 0 Å². The van der Waals surface area contributed by atoms with Gasteiger partial charge in [-0.15, -0.1) is 11.3 Å². The third kappa shape index (κ3) is 1.74. The number of alkyl halides is 1. The quantitative estimate of drug-likeness (QED) is 0.699. The van der Waals surface area contributed by atoms with Crippen molar-refractivity contribution in [2.75, 3.05) is 0 Å². The molecule has 0 bridgehead atoms. The summed E-state index contributed by atoms with van der Waals surface area (Å²) in [7, 11) is 0. The second kappa shape index (κ2) is 3.51. The molecule has 12 heavy (non-hydrogen) atoms. The molecule has 0 saturated heterocycles. The van der Waals surface area contributed by atoms with E-state index in [1.54, 1.807) is 15.3 Å². The first-order valence-corrected chi connectivity index (χ1v) is 6.23. The Morgan fingerprint density at radius 1 is 1.58 bits per heavy atom. The summed E-state index contributed by atoms with van der Waals surface area (Å²) in [6, 6.07) is 2.41. The van der Waals surface area contributed by atoms with Crippen molar-refractivity contribution in [1.29, 1.82) is 0 Å². The zero-order chi connectivity index (χ0) is 8.55. The highest BCUT2D eigenvalue weighted by molar-refractivity contribution is 9.09. The van der Waals surface area contributed by atoms with Gasteiger partial charge in [0.25, 0.3) is 0 Å². The van der Waals surface area contributed by atoms with E-state index in [2.05, 4.69) is 28.9 Å². The normalized spacial score (nSPS) is 17.8. The first-order chi connectivity index (χ1) is 5.75. The summed E-state index contributed by atoms with van der Waals surface area (Å²) in [6.45, 7) is 2.21. The highest BCUT2D eigenvalue weighted by atomic mass is 79.9. The Morgan fingerprint density at radius 3 is 3.08 bits per heavy atom. The molecule has 0 N–H and O–H groups in total. The average Bonchev–Trinajstić information content (AvgIpc) is 2.43. The number of hydrogen-bond donors (Lipinski definition) is 0. The molecule has 1 aromatic heterocycles. The van der Waals surface area contributed by atoms with Gasteiger partial charge in [-0.25, -0.2) is 0 Å². The Bertz CT molecular complexity index is 254. The van der Waals surface area contributed by atoms with E-state index >= 15 is 0 Å². The van der Waals surface area contributed by atoms with Crippen molar-refractivity contribution in [3.05, 3.63) is 21.4 Å². The van der Waals surface area contributed by atoms with Crippen LogP contribution in [-0.4, -0.2) is 4.83 Å². The summed E-state index contributed by atoms with van der Waals surface area (Å²) < 4.78 is 0.